The van der Waals surface area contributed by atoms with Crippen molar-refractivity contribution in [1.29, 1.82) is 0 Å². The molecule has 1 heterocycles. The van der Waals surface area contributed by atoms with Gasteiger partial charge in [0.25, 0.3) is 0 Å². The molecule has 2 rings (SSSR count). The molecule has 0 spiro atoms. The molecule has 15 heavy (non-hydrogen) atoms. The second-order valence-corrected chi connectivity index (χ2v) is 3.20. The zero-order valence-electron chi connectivity index (χ0n) is 8.49. The Morgan fingerprint density at radius 2 is 2.00 bits per heavy atom. The molecule has 0 fully saturated rings. The van der Waals surface area contributed by atoms with Crippen molar-refractivity contribution in [3.63, 3.8) is 0 Å². The first-order valence-electron chi connectivity index (χ1n) is 4.79. The van der Waals surface area contributed by atoms with Crippen LogP contribution in [0.1, 0.15) is 16.8 Å². The number of esters is 1. The number of hydrogen-bond donors (Lipinski definition) is 0. The molecule has 1 aromatic rings. The van der Waals surface area contributed by atoms with Gasteiger partial charge in [-0.3, -0.25) is 0 Å². The van der Waals surface area contributed by atoms with Gasteiger partial charge in [-0.1, -0.05) is 0 Å². The number of benzene rings is 1. The van der Waals surface area contributed by atoms with E-state index in [9.17, 15) is 4.79 Å². The van der Waals surface area contributed by atoms with Crippen LogP contribution in [0.5, 0.6) is 11.5 Å². The molecular formula is C11H12O4. The van der Waals surface area contributed by atoms with E-state index in [2.05, 4.69) is 4.74 Å². The van der Waals surface area contributed by atoms with Crippen LogP contribution in [-0.2, 0) is 4.74 Å². The second kappa shape index (κ2) is 4.21. The Hall–Kier alpha value is -1.71. The predicted octanol–water partition coefficient (Wildman–Crippen LogP) is 1.63. The highest BCUT2D eigenvalue weighted by Crippen LogP contribution is 2.30. The number of rotatable bonds is 1. The first kappa shape index (κ1) is 9.83. The Labute approximate surface area is 87.8 Å². The number of methoxy groups -OCH3 is 1. The van der Waals surface area contributed by atoms with Crippen LogP contribution in [0.4, 0.5) is 0 Å². The lowest BCUT2D eigenvalue weighted by Crippen LogP contribution is -2.02. The quantitative estimate of drug-likeness (QED) is 0.658. The Morgan fingerprint density at radius 3 is 2.73 bits per heavy atom. The standard InChI is InChI=1S/C11H12O4/c1-13-11(12)8-3-4-9-10(7-8)15-6-2-5-14-9/h3-4,7H,2,5-6H2,1H3. The monoisotopic (exact) mass is 208 g/mol. The lowest BCUT2D eigenvalue weighted by Gasteiger charge is -2.07. The van der Waals surface area contributed by atoms with Gasteiger partial charge in [-0.05, 0) is 18.2 Å². The van der Waals surface area contributed by atoms with Crippen molar-refractivity contribution >= 4 is 5.97 Å². The lowest BCUT2D eigenvalue weighted by atomic mass is 10.2. The van der Waals surface area contributed by atoms with E-state index in [1.807, 2.05) is 0 Å². The van der Waals surface area contributed by atoms with Crippen LogP contribution >= 0.6 is 0 Å². The van der Waals surface area contributed by atoms with Gasteiger partial charge in [0.05, 0.1) is 25.9 Å². The van der Waals surface area contributed by atoms with Crippen molar-refractivity contribution in [2.75, 3.05) is 20.3 Å². The minimum absolute atomic E-state index is 0.370. The van der Waals surface area contributed by atoms with Crippen LogP contribution in [0.15, 0.2) is 18.2 Å². The summed E-state index contributed by atoms with van der Waals surface area (Å²) in [6.07, 6.45) is 0.849. The number of carbonyl (C=O) groups is 1. The highest BCUT2D eigenvalue weighted by atomic mass is 16.5. The molecule has 1 aliphatic rings. The molecule has 0 radical (unpaired) electrons. The Balaban J connectivity index is 2.31. The Bertz CT molecular complexity index is 373. The van der Waals surface area contributed by atoms with Gasteiger partial charge in [-0.15, -0.1) is 0 Å². The third kappa shape index (κ3) is 2.03. The summed E-state index contributed by atoms with van der Waals surface area (Å²) in [5, 5.41) is 0. The van der Waals surface area contributed by atoms with Gasteiger partial charge in [0.15, 0.2) is 11.5 Å². The molecule has 0 bridgehead atoms. The molecule has 0 atom stereocenters. The molecular weight excluding hydrogens is 196 g/mol. The Kier molecular flexibility index (Phi) is 2.76. The molecule has 0 N–H and O–H groups in total. The van der Waals surface area contributed by atoms with Gasteiger partial charge < -0.3 is 14.2 Å². The molecule has 80 valence electrons. The summed E-state index contributed by atoms with van der Waals surface area (Å²) in [7, 11) is 1.35. The molecule has 0 saturated carbocycles. The van der Waals surface area contributed by atoms with Crippen molar-refractivity contribution in [2.45, 2.75) is 6.42 Å². The average Bonchev–Trinajstić information content (AvgIpc) is 2.51. The van der Waals surface area contributed by atoms with E-state index in [0.717, 1.165) is 6.42 Å². The first-order valence-corrected chi connectivity index (χ1v) is 4.79. The van der Waals surface area contributed by atoms with Crippen LogP contribution in [0.2, 0.25) is 0 Å². The molecule has 1 aromatic carbocycles. The Morgan fingerprint density at radius 1 is 1.27 bits per heavy atom. The number of ether oxygens (including phenoxy) is 3. The summed E-state index contributed by atoms with van der Waals surface area (Å²) < 4.78 is 15.5. The van der Waals surface area contributed by atoms with Crippen molar-refractivity contribution in [3.05, 3.63) is 23.8 Å². The largest absolute Gasteiger partial charge is 0.490 e. The van der Waals surface area contributed by atoms with Gasteiger partial charge in [0.1, 0.15) is 0 Å². The van der Waals surface area contributed by atoms with E-state index in [0.29, 0.717) is 30.3 Å². The molecule has 0 saturated heterocycles. The van der Waals surface area contributed by atoms with E-state index in [-0.39, 0.29) is 5.97 Å². The summed E-state index contributed by atoms with van der Waals surface area (Å²) in [4.78, 5) is 11.3. The number of hydrogen-bond acceptors (Lipinski definition) is 4. The SMILES string of the molecule is COC(=O)c1ccc2c(c1)OCCCO2. The number of fused-ring (bicyclic) bond motifs is 1. The lowest BCUT2D eigenvalue weighted by molar-refractivity contribution is 0.0600. The van der Waals surface area contributed by atoms with Gasteiger partial charge in [-0.2, -0.15) is 0 Å². The summed E-state index contributed by atoms with van der Waals surface area (Å²) in [5.41, 5.74) is 0.474. The minimum Gasteiger partial charge on any atom is -0.490 e. The van der Waals surface area contributed by atoms with E-state index in [4.69, 9.17) is 9.47 Å². The van der Waals surface area contributed by atoms with Crippen molar-refractivity contribution < 1.29 is 19.0 Å². The van der Waals surface area contributed by atoms with E-state index >= 15 is 0 Å². The molecule has 4 heteroatoms. The summed E-state index contributed by atoms with van der Waals surface area (Å²) in [6.45, 7) is 1.25. The fourth-order valence-corrected chi connectivity index (χ4v) is 1.41. The van der Waals surface area contributed by atoms with Crippen molar-refractivity contribution in [1.82, 2.24) is 0 Å². The van der Waals surface area contributed by atoms with Crippen molar-refractivity contribution in [3.8, 4) is 11.5 Å². The maximum absolute atomic E-state index is 11.3. The molecule has 0 unspecified atom stereocenters. The van der Waals surface area contributed by atoms with Crippen LogP contribution in [0.25, 0.3) is 0 Å². The number of carbonyl (C=O) groups excluding carboxylic acids is 1. The van der Waals surface area contributed by atoms with Gasteiger partial charge in [-0.25, -0.2) is 4.79 Å². The fourth-order valence-electron chi connectivity index (χ4n) is 1.41. The second-order valence-electron chi connectivity index (χ2n) is 3.20. The summed E-state index contributed by atoms with van der Waals surface area (Å²) in [6, 6.07) is 5.04. The highest BCUT2D eigenvalue weighted by molar-refractivity contribution is 5.90. The van der Waals surface area contributed by atoms with Crippen LogP contribution in [0, 0.1) is 0 Å². The molecule has 0 amide bonds. The van der Waals surface area contributed by atoms with Crippen LogP contribution in [-0.4, -0.2) is 26.3 Å². The smallest absolute Gasteiger partial charge is 0.337 e. The molecule has 4 nitrogen and oxygen atoms in total. The molecule has 0 aromatic heterocycles. The normalized spacial score (nSPS) is 14.2. The third-order valence-electron chi connectivity index (χ3n) is 2.17. The summed E-state index contributed by atoms with van der Waals surface area (Å²) in [5.74, 6) is 0.918. The van der Waals surface area contributed by atoms with E-state index in [1.54, 1.807) is 18.2 Å². The zero-order valence-corrected chi connectivity index (χ0v) is 8.49. The van der Waals surface area contributed by atoms with E-state index < -0.39 is 0 Å². The average molecular weight is 208 g/mol. The predicted molar refractivity (Wildman–Crippen MR) is 53.4 cm³/mol. The zero-order chi connectivity index (χ0) is 10.7. The molecule has 0 aliphatic carbocycles. The third-order valence-corrected chi connectivity index (χ3v) is 2.17. The van der Waals surface area contributed by atoms with Crippen LogP contribution in [0.3, 0.4) is 0 Å². The summed E-state index contributed by atoms with van der Waals surface area (Å²) >= 11 is 0. The van der Waals surface area contributed by atoms with Gasteiger partial charge >= 0.3 is 5.97 Å². The van der Waals surface area contributed by atoms with E-state index in [1.165, 1.54) is 7.11 Å². The fraction of sp³-hybridized carbons (Fsp3) is 0.364. The van der Waals surface area contributed by atoms with Crippen molar-refractivity contribution in [2.24, 2.45) is 0 Å². The highest BCUT2D eigenvalue weighted by Gasteiger charge is 2.13. The topological polar surface area (TPSA) is 44.8 Å². The minimum atomic E-state index is -0.370. The molecule has 1 aliphatic heterocycles. The maximum atomic E-state index is 11.3. The maximum Gasteiger partial charge on any atom is 0.337 e. The van der Waals surface area contributed by atoms with Gasteiger partial charge in [0.2, 0.25) is 0 Å². The van der Waals surface area contributed by atoms with Crippen LogP contribution < -0.4 is 9.47 Å². The van der Waals surface area contributed by atoms with Gasteiger partial charge in [0, 0.05) is 6.42 Å². The first-order chi connectivity index (χ1) is 7.31.